The van der Waals surface area contributed by atoms with Crippen LogP contribution in [0.15, 0.2) is 18.2 Å². The lowest BCUT2D eigenvalue weighted by Gasteiger charge is -2.46. The molecular formula is C21H33BrN2O3. The van der Waals surface area contributed by atoms with E-state index in [1.807, 2.05) is 39.0 Å². The Kier molecular flexibility index (Phi) is 9.47. The van der Waals surface area contributed by atoms with Gasteiger partial charge in [0.05, 0.1) is 19.7 Å². The number of aryl methyl sites for hydroxylation is 2. The molecular weight excluding hydrogens is 408 g/mol. The highest BCUT2D eigenvalue weighted by Crippen LogP contribution is 2.29. The molecule has 2 atom stereocenters. The van der Waals surface area contributed by atoms with Crippen molar-refractivity contribution in [3.63, 3.8) is 0 Å². The summed E-state index contributed by atoms with van der Waals surface area (Å²) >= 11 is 0. The van der Waals surface area contributed by atoms with Gasteiger partial charge in [0.25, 0.3) is 5.91 Å². The second kappa shape index (κ2) is 10.8. The highest BCUT2D eigenvalue weighted by atomic mass is 79.9. The number of para-hydroxylation sites is 1. The number of nitrogens with one attached hydrogen (secondary N) is 1. The fraction of sp³-hybridized carbons (Fsp3) is 0.619. The molecule has 0 bridgehead atoms. The van der Waals surface area contributed by atoms with Crippen LogP contribution in [0.3, 0.4) is 0 Å². The number of hydrogen-bond acceptors (Lipinski definition) is 3. The number of anilines is 1. The van der Waals surface area contributed by atoms with Gasteiger partial charge in [0.1, 0.15) is 0 Å². The standard InChI is InChI=1S/C21H32N2O3.BrH/c1-5-13-23(15-19(24)26-6-2)14-8-7-12-18(23)21(25)22-20-16(3)10-9-11-17(20)4;/h9-11,18H,5-8,12-15H2,1-4H3;1H/t18-,23?;/m0./s1. The lowest BCUT2D eigenvalue weighted by atomic mass is 9.96. The number of halogens is 1. The van der Waals surface area contributed by atoms with Gasteiger partial charge in [0, 0.05) is 12.1 Å². The predicted octanol–water partition coefficient (Wildman–Crippen LogP) is 0.588. The lowest BCUT2D eigenvalue weighted by Crippen LogP contribution is -3.00. The minimum absolute atomic E-state index is 0. The van der Waals surface area contributed by atoms with Crippen LogP contribution >= 0.6 is 0 Å². The molecule has 1 aromatic carbocycles. The maximum Gasteiger partial charge on any atom is 0.361 e. The summed E-state index contributed by atoms with van der Waals surface area (Å²) in [5.41, 5.74) is 3.02. The Labute approximate surface area is 173 Å². The zero-order valence-electron chi connectivity index (χ0n) is 17.0. The summed E-state index contributed by atoms with van der Waals surface area (Å²) in [4.78, 5) is 25.5. The number of piperidine rings is 1. The van der Waals surface area contributed by atoms with Crippen LogP contribution in [0.25, 0.3) is 0 Å². The van der Waals surface area contributed by atoms with Crippen LogP contribution in [0.2, 0.25) is 0 Å². The molecule has 1 aliphatic heterocycles. The van der Waals surface area contributed by atoms with Crippen LogP contribution in [0.1, 0.15) is 50.7 Å². The zero-order valence-corrected chi connectivity index (χ0v) is 18.6. The number of rotatable bonds is 7. The molecule has 1 N–H and O–H groups in total. The van der Waals surface area contributed by atoms with E-state index in [9.17, 15) is 9.59 Å². The first-order valence-corrected chi connectivity index (χ1v) is 9.82. The molecule has 1 aliphatic rings. The highest BCUT2D eigenvalue weighted by Gasteiger charge is 2.45. The molecule has 5 nitrogen and oxygen atoms in total. The van der Waals surface area contributed by atoms with Crippen molar-refractivity contribution in [3.05, 3.63) is 29.3 Å². The molecule has 152 valence electrons. The second-order valence-corrected chi connectivity index (χ2v) is 7.40. The maximum absolute atomic E-state index is 13.2. The minimum Gasteiger partial charge on any atom is -1.00 e. The maximum atomic E-state index is 13.2. The van der Waals surface area contributed by atoms with E-state index in [0.29, 0.717) is 11.1 Å². The third-order valence-corrected chi connectivity index (χ3v) is 5.44. The number of carbonyl (C=O) groups is 2. The molecule has 1 unspecified atom stereocenters. The largest absolute Gasteiger partial charge is 1.00 e. The molecule has 0 aromatic heterocycles. The van der Waals surface area contributed by atoms with Gasteiger partial charge in [0.15, 0.2) is 12.6 Å². The summed E-state index contributed by atoms with van der Waals surface area (Å²) in [6.45, 7) is 10.3. The third-order valence-electron chi connectivity index (χ3n) is 5.44. The first-order chi connectivity index (χ1) is 12.4. The Bertz CT molecular complexity index is 626. The second-order valence-electron chi connectivity index (χ2n) is 7.40. The molecule has 0 spiro atoms. The van der Waals surface area contributed by atoms with Gasteiger partial charge < -0.3 is 31.5 Å². The number of esters is 1. The van der Waals surface area contributed by atoms with Crippen molar-refractivity contribution in [1.29, 1.82) is 0 Å². The smallest absolute Gasteiger partial charge is 0.361 e. The van der Waals surface area contributed by atoms with Gasteiger partial charge in [-0.3, -0.25) is 4.79 Å². The number of nitrogens with zero attached hydrogens (tertiary/aromatic N) is 1. The van der Waals surface area contributed by atoms with E-state index in [2.05, 4.69) is 12.2 Å². The minimum atomic E-state index is -0.202. The fourth-order valence-corrected chi connectivity index (χ4v) is 4.24. The normalized spacial score (nSPS) is 21.9. The van der Waals surface area contributed by atoms with Crippen LogP contribution < -0.4 is 22.3 Å². The molecule has 1 aromatic rings. The Morgan fingerprint density at radius 3 is 2.44 bits per heavy atom. The summed E-state index contributed by atoms with van der Waals surface area (Å²) in [7, 11) is 0. The average molecular weight is 441 g/mol. The Morgan fingerprint density at radius 2 is 1.85 bits per heavy atom. The molecule has 1 heterocycles. The number of ether oxygens (including phenoxy) is 1. The van der Waals surface area contributed by atoms with Gasteiger partial charge in [0.2, 0.25) is 0 Å². The van der Waals surface area contributed by atoms with Gasteiger partial charge in [-0.1, -0.05) is 25.1 Å². The van der Waals surface area contributed by atoms with Crippen LogP contribution in [-0.2, 0) is 14.3 Å². The summed E-state index contributed by atoms with van der Waals surface area (Å²) < 4.78 is 5.73. The van der Waals surface area contributed by atoms with Crippen molar-refractivity contribution in [2.45, 2.75) is 59.4 Å². The van der Waals surface area contributed by atoms with Crippen LogP contribution in [-0.4, -0.2) is 48.6 Å². The van der Waals surface area contributed by atoms with E-state index in [-0.39, 0.29) is 41.4 Å². The lowest BCUT2D eigenvalue weighted by molar-refractivity contribution is -0.940. The van der Waals surface area contributed by atoms with E-state index < -0.39 is 0 Å². The van der Waals surface area contributed by atoms with Gasteiger partial charge >= 0.3 is 5.97 Å². The molecule has 1 amide bonds. The van der Waals surface area contributed by atoms with Crippen molar-refractivity contribution in [3.8, 4) is 0 Å². The Morgan fingerprint density at radius 1 is 1.19 bits per heavy atom. The van der Waals surface area contributed by atoms with Crippen molar-refractivity contribution in [1.82, 2.24) is 0 Å². The van der Waals surface area contributed by atoms with Crippen LogP contribution in [0.5, 0.6) is 0 Å². The first-order valence-electron chi connectivity index (χ1n) is 9.82. The zero-order chi connectivity index (χ0) is 19.2. The summed E-state index contributed by atoms with van der Waals surface area (Å²) in [6, 6.07) is 5.82. The molecule has 6 heteroatoms. The predicted molar refractivity (Wildman–Crippen MR) is 104 cm³/mol. The highest BCUT2D eigenvalue weighted by molar-refractivity contribution is 5.95. The topological polar surface area (TPSA) is 55.4 Å². The number of amides is 1. The van der Waals surface area contributed by atoms with Gasteiger partial charge in [-0.05, 0) is 51.2 Å². The number of benzene rings is 1. The van der Waals surface area contributed by atoms with Crippen molar-refractivity contribution in [2.75, 3.05) is 31.6 Å². The first kappa shape index (κ1) is 23.6. The van der Waals surface area contributed by atoms with E-state index in [1.54, 1.807) is 0 Å². The Hall–Kier alpha value is -1.40. The molecule has 2 rings (SSSR count). The number of likely N-dealkylation sites (tertiary alicyclic amines) is 1. The quantitative estimate of drug-likeness (QED) is 0.498. The number of hydrogen-bond donors (Lipinski definition) is 1. The third kappa shape index (κ3) is 5.79. The summed E-state index contributed by atoms with van der Waals surface area (Å²) in [5, 5.41) is 3.16. The van der Waals surface area contributed by atoms with Crippen LogP contribution in [0.4, 0.5) is 5.69 Å². The van der Waals surface area contributed by atoms with Gasteiger partial charge in [-0.25, -0.2) is 4.79 Å². The molecule has 1 fully saturated rings. The monoisotopic (exact) mass is 440 g/mol. The fourth-order valence-electron chi connectivity index (χ4n) is 4.24. The van der Waals surface area contributed by atoms with E-state index in [0.717, 1.165) is 55.6 Å². The number of carbonyl (C=O) groups excluding carboxylic acids is 2. The molecule has 0 aliphatic carbocycles. The molecule has 0 radical (unpaired) electrons. The van der Waals surface area contributed by atoms with Crippen LogP contribution in [0, 0.1) is 13.8 Å². The van der Waals surface area contributed by atoms with Crippen molar-refractivity contribution >= 4 is 17.6 Å². The SMILES string of the molecule is CCC[N+]1(CC(=O)OCC)CCCC[C@H]1C(=O)Nc1c(C)cccc1C.[Br-]. The average Bonchev–Trinajstić information content (AvgIpc) is 2.59. The van der Waals surface area contributed by atoms with Crippen molar-refractivity contribution in [2.24, 2.45) is 0 Å². The van der Waals surface area contributed by atoms with E-state index in [4.69, 9.17) is 4.74 Å². The van der Waals surface area contributed by atoms with Gasteiger partial charge in [-0.2, -0.15) is 0 Å². The van der Waals surface area contributed by atoms with Gasteiger partial charge in [-0.15, -0.1) is 0 Å². The van der Waals surface area contributed by atoms with Crippen molar-refractivity contribution < 1.29 is 35.8 Å². The van der Waals surface area contributed by atoms with E-state index in [1.165, 1.54) is 0 Å². The molecule has 27 heavy (non-hydrogen) atoms. The molecule has 0 saturated carbocycles. The van der Waals surface area contributed by atoms with E-state index >= 15 is 0 Å². The molecule has 1 saturated heterocycles. The summed E-state index contributed by atoms with van der Waals surface area (Å²) in [6.07, 6.45) is 3.83. The Balaban J connectivity index is 0.00000364. The number of quaternary nitrogens is 1. The summed E-state index contributed by atoms with van der Waals surface area (Å²) in [5.74, 6) is -0.174.